The number of rotatable bonds is 2. The Kier molecular flexibility index (Phi) is 4.40. The van der Waals surface area contributed by atoms with Crippen LogP contribution in [0.4, 0.5) is 0 Å². The fourth-order valence-corrected chi connectivity index (χ4v) is 2.74. The van der Waals surface area contributed by atoms with Gasteiger partial charge in [0.1, 0.15) is 0 Å². The summed E-state index contributed by atoms with van der Waals surface area (Å²) < 4.78 is 5.56. The highest BCUT2D eigenvalue weighted by molar-refractivity contribution is 5.77. The van der Waals surface area contributed by atoms with E-state index in [-0.39, 0.29) is 12.1 Å². The van der Waals surface area contributed by atoms with Crippen LogP contribution >= 0.6 is 0 Å². The third kappa shape index (κ3) is 3.19. The van der Waals surface area contributed by atoms with Crippen LogP contribution in [0.3, 0.4) is 0 Å². The smallest absolute Gasteiger partial charge is 0.223 e. The number of nitrogens with zero attached hydrogens (tertiary/aromatic N) is 1. The predicted octanol–water partition coefficient (Wildman–Crippen LogP) is 1.01. The lowest BCUT2D eigenvalue weighted by molar-refractivity contribution is -0.145. The third-order valence-corrected chi connectivity index (χ3v) is 4.13. The average molecular weight is 240 g/mol. The normalized spacial score (nSPS) is 31.5. The molecular formula is C13H24N2O2. The second-order valence-corrected chi connectivity index (χ2v) is 5.30. The van der Waals surface area contributed by atoms with E-state index in [1.54, 1.807) is 0 Å². The van der Waals surface area contributed by atoms with Crippen LogP contribution in [0.25, 0.3) is 0 Å². The fourth-order valence-electron chi connectivity index (χ4n) is 2.74. The molecule has 0 bridgehead atoms. The molecule has 2 saturated heterocycles. The molecule has 1 amide bonds. The minimum Gasteiger partial charge on any atom is -0.375 e. The van der Waals surface area contributed by atoms with Gasteiger partial charge in [0, 0.05) is 13.0 Å². The van der Waals surface area contributed by atoms with Crippen LogP contribution in [0.2, 0.25) is 0 Å². The highest BCUT2D eigenvalue weighted by Crippen LogP contribution is 2.20. The molecule has 0 radical (unpaired) electrons. The number of piperidine rings is 1. The number of amides is 1. The van der Waals surface area contributed by atoms with Crippen molar-refractivity contribution in [1.82, 2.24) is 10.2 Å². The Labute approximate surface area is 104 Å². The van der Waals surface area contributed by atoms with Crippen LogP contribution in [0, 0.1) is 5.92 Å². The van der Waals surface area contributed by atoms with Crippen LogP contribution < -0.4 is 5.32 Å². The van der Waals surface area contributed by atoms with E-state index < -0.39 is 0 Å². The molecule has 17 heavy (non-hydrogen) atoms. The van der Waals surface area contributed by atoms with Gasteiger partial charge in [0.15, 0.2) is 0 Å². The lowest BCUT2D eigenvalue weighted by Crippen LogP contribution is -2.51. The molecule has 4 heteroatoms. The van der Waals surface area contributed by atoms with E-state index in [1.807, 2.05) is 4.90 Å². The van der Waals surface area contributed by atoms with Crippen LogP contribution in [0.15, 0.2) is 0 Å². The van der Waals surface area contributed by atoms with E-state index in [4.69, 9.17) is 4.74 Å². The largest absolute Gasteiger partial charge is 0.375 e. The summed E-state index contributed by atoms with van der Waals surface area (Å²) in [5.74, 6) is 0.897. The van der Waals surface area contributed by atoms with E-state index >= 15 is 0 Å². The van der Waals surface area contributed by atoms with Gasteiger partial charge in [0.05, 0.1) is 18.8 Å². The van der Waals surface area contributed by atoms with Gasteiger partial charge in [-0.3, -0.25) is 4.79 Å². The monoisotopic (exact) mass is 240 g/mol. The summed E-state index contributed by atoms with van der Waals surface area (Å²) in [6.07, 6.45) is 3.17. The summed E-state index contributed by atoms with van der Waals surface area (Å²) in [5, 5.41) is 3.34. The Morgan fingerprint density at radius 3 is 2.76 bits per heavy atom. The lowest BCUT2D eigenvalue weighted by atomic mass is 9.93. The number of nitrogens with one attached hydrogen (secondary N) is 1. The maximum absolute atomic E-state index is 12.3. The predicted molar refractivity (Wildman–Crippen MR) is 66.8 cm³/mol. The highest BCUT2D eigenvalue weighted by atomic mass is 16.5. The number of carbonyl (C=O) groups is 1. The lowest BCUT2D eigenvalue weighted by Gasteiger charge is -2.38. The highest BCUT2D eigenvalue weighted by Gasteiger charge is 2.30. The molecule has 0 aromatic rings. The first-order valence-electron chi connectivity index (χ1n) is 6.80. The van der Waals surface area contributed by atoms with Gasteiger partial charge in [-0.2, -0.15) is 0 Å². The van der Waals surface area contributed by atoms with Gasteiger partial charge < -0.3 is 15.0 Å². The summed E-state index contributed by atoms with van der Waals surface area (Å²) in [7, 11) is 0. The Balaban J connectivity index is 1.85. The quantitative estimate of drug-likeness (QED) is 0.783. The molecule has 2 aliphatic rings. The average Bonchev–Trinajstić information content (AvgIpc) is 2.34. The number of hydrogen-bond donors (Lipinski definition) is 1. The van der Waals surface area contributed by atoms with Crippen LogP contribution in [-0.2, 0) is 9.53 Å². The number of hydrogen-bond acceptors (Lipinski definition) is 3. The summed E-state index contributed by atoms with van der Waals surface area (Å²) in [4.78, 5) is 14.3. The Morgan fingerprint density at radius 1 is 1.35 bits per heavy atom. The fraction of sp³-hybridized carbons (Fsp3) is 0.923. The Hall–Kier alpha value is -0.610. The molecule has 2 heterocycles. The van der Waals surface area contributed by atoms with E-state index in [9.17, 15) is 4.79 Å². The van der Waals surface area contributed by atoms with Crippen molar-refractivity contribution in [3.05, 3.63) is 0 Å². The maximum Gasteiger partial charge on any atom is 0.223 e. The minimum atomic E-state index is 0.167. The molecule has 2 fully saturated rings. The van der Waals surface area contributed by atoms with Crippen LogP contribution in [0.5, 0.6) is 0 Å². The second-order valence-electron chi connectivity index (χ2n) is 5.30. The van der Waals surface area contributed by atoms with Crippen molar-refractivity contribution < 1.29 is 9.53 Å². The zero-order valence-corrected chi connectivity index (χ0v) is 10.9. The number of carbonyl (C=O) groups excluding carboxylic acids is 1. The number of morpholine rings is 1. The zero-order chi connectivity index (χ0) is 12.3. The van der Waals surface area contributed by atoms with Gasteiger partial charge in [-0.05, 0) is 45.7 Å². The molecule has 4 nitrogen and oxygen atoms in total. The molecule has 1 N–H and O–H groups in total. The summed E-state index contributed by atoms with van der Waals surface area (Å²) in [5.41, 5.74) is 0. The Bertz CT molecular complexity index is 264. The van der Waals surface area contributed by atoms with Crippen molar-refractivity contribution in [2.24, 2.45) is 5.92 Å². The molecule has 0 aliphatic carbocycles. The van der Waals surface area contributed by atoms with E-state index in [0.29, 0.717) is 18.4 Å². The molecule has 2 unspecified atom stereocenters. The maximum atomic E-state index is 12.3. The summed E-state index contributed by atoms with van der Waals surface area (Å²) >= 11 is 0. The van der Waals surface area contributed by atoms with Crippen molar-refractivity contribution in [2.45, 2.75) is 45.3 Å². The molecule has 2 atom stereocenters. The third-order valence-electron chi connectivity index (χ3n) is 4.13. The standard InChI is InChI=1S/C13H24N2O2/c1-10-11(2)17-8-7-15(10)13(16)9-12-3-5-14-6-4-12/h10-12,14H,3-9H2,1-2H3. The zero-order valence-electron chi connectivity index (χ0n) is 10.9. The second kappa shape index (κ2) is 5.83. The van der Waals surface area contributed by atoms with Gasteiger partial charge >= 0.3 is 0 Å². The van der Waals surface area contributed by atoms with Gasteiger partial charge in [-0.1, -0.05) is 0 Å². The molecule has 0 spiro atoms. The molecule has 2 rings (SSSR count). The number of ether oxygens (including phenoxy) is 1. The first kappa shape index (κ1) is 12.8. The van der Waals surface area contributed by atoms with Crippen molar-refractivity contribution in [3.63, 3.8) is 0 Å². The summed E-state index contributed by atoms with van der Waals surface area (Å²) in [6.45, 7) is 7.71. The van der Waals surface area contributed by atoms with Crippen molar-refractivity contribution in [2.75, 3.05) is 26.2 Å². The van der Waals surface area contributed by atoms with Gasteiger partial charge in [0.2, 0.25) is 5.91 Å². The molecule has 0 aromatic heterocycles. The first-order chi connectivity index (χ1) is 8.18. The van der Waals surface area contributed by atoms with Crippen molar-refractivity contribution in [1.29, 1.82) is 0 Å². The van der Waals surface area contributed by atoms with Gasteiger partial charge in [-0.15, -0.1) is 0 Å². The molecular weight excluding hydrogens is 216 g/mol. The van der Waals surface area contributed by atoms with Crippen LogP contribution in [0.1, 0.15) is 33.1 Å². The molecule has 0 saturated carbocycles. The van der Waals surface area contributed by atoms with E-state index in [0.717, 1.165) is 38.9 Å². The minimum absolute atomic E-state index is 0.167. The van der Waals surface area contributed by atoms with E-state index in [1.165, 1.54) is 0 Å². The molecule has 98 valence electrons. The van der Waals surface area contributed by atoms with Gasteiger partial charge in [0.25, 0.3) is 0 Å². The topological polar surface area (TPSA) is 41.6 Å². The molecule has 0 aromatic carbocycles. The molecule has 2 aliphatic heterocycles. The van der Waals surface area contributed by atoms with Crippen molar-refractivity contribution >= 4 is 5.91 Å². The van der Waals surface area contributed by atoms with E-state index in [2.05, 4.69) is 19.2 Å². The summed E-state index contributed by atoms with van der Waals surface area (Å²) in [6, 6.07) is 0.220. The first-order valence-corrected chi connectivity index (χ1v) is 6.80. The SMILES string of the molecule is CC1OCCN(C(=O)CC2CCNCC2)C1C. The van der Waals surface area contributed by atoms with Crippen molar-refractivity contribution in [3.8, 4) is 0 Å². The van der Waals surface area contributed by atoms with Gasteiger partial charge in [-0.25, -0.2) is 0 Å². The Morgan fingerprint density at radius 2 is 2.06 bits per heavy atom. The van der Waals surface area contributed by atoms with Crippen LogP contribution in [-0.4, -0.2) is 49.2 Å².